The van der Waals surface area contributed by atoms with E-state index in [4.69, 9.17) is 4.74 Å². The van der Waals surface area contributed by atoms with Crippen LogP contribution in [0.3, 0.4) is 0 Å². The third-order valence-corrected chi connectivity index (χ3v) is 4.35. The van der Waals surface area contributed by atoms with Gasteiger partial charge in [-0.3, -0.25) is 0 Å². The number of ether oxygens (including phenoxy) is 1. The molecular formula is C16H25NO. The average Bonchev–Trinajstić information content (AvgIpc) is 2.39. The third kappa shape index (κ3) is 2.60. The molecule has 0 aliphatic carbocycles. The molecule has 2 heteroatoms. The molecule has 1 saturated heterocycles. The summed E-state index contributed by atoms with van der Waals surface area (Å²) in [6, 6.07) is 6.62. The molecule has 2 rings (SSSR count). The first-order valence-corrected chi connectivity index (χ1v) is 7.04. The molecule has 1 fully saturated rings. The Bertz CT molecular complexity index is 400. The number of aryl methyl sites for hydroxylation is 2. The van der Waals surface area contributed by atoms with E-state index in [0.29, 0.717) is 0 Å². The highest BCUT2D eigenvalue weighted by atomic mass is 16.5. The van der Waals surface area contributed by atoms with Gasteiger partial charge in [0.15, 0.2) is 0 Å². The summed E-state index contributed by atoms with van der Waals surface area (Å²) in [4.78, 5) is 0. The smallest absolute Gasteiger partial charge is 0.0952 e. The summed E-state index contributed by atoms with van der Waals surface area (Å²) >= 11 is 0. The van der Waals surface area contributed by atoms with Crippen LogP contribution in [-0.2, 0) is 4.74 Å². The summed E-state index contributed by atoms with van der Waals surface area (Å²) in [5.41, 5.74) is 4.17. The second-order valence-corrected chi connectivity index (χ2v) is 5.53. The van der Waals surface area contributed by atoms with Gasteiger partial charge in [0.1, 0.15) is 0 Å². The zero-order valence-corrected chi connectivity index (χ0v) is 12.0. The summed E-state index contributed by atoms with van der Waals surface area (Å²) < 4.78 is 6.12. The van der Waals surface area contributed by atoms with E-state index in [-0.39, 0.29) is 11.6 Å². The Morgan fingerprint density at radius 3 is 2.50 bits per heavy atom. The molecule has 1 atom stereocenters. The van der Waals surface area contributed by atoms with Crippen LogP contribution in [0.1, 0.15) is 49.5 Å². The Morgan fingerprint density at radius 2 is 2.00 bits per heavy atom. The van der Waals surface area contributed by atoms with Crippen molar-refractivity contribution in [3.63, 3.8) is 0 Å². The largest absolute Gasteiger partial charge is 0.370 e. The second-order valence-electron chi connectivity index (χ2n) is 5.53. The lowest BCUT2D eigenvalue weighted by atomic mass is 9.90. The molecule has 100 valence electrons. The molecular weight excluding hydrogens is 222 g/mol. The normalized spacial score (nSPS) is 23.0. The molecule has 0 bridgehead atoms. The highest BCUT2D eigenvalue weighted by Gasteiger charge is 2.33. The Hall–Kier alpha value is -0.860. The Kier molecular flexibility index (Phi) is 4.08. The molecule has 1 aromatic rings. The van der Waals surface area contributed by atoms with E-state index in [0.717, 1.165) is 26.0 Å². The fourth-order valence-electron chi connectivity index (χ4n) is 2.77. The van der Waals surface area contributed by atoms with Crippen molar-refractivity contribution in [1.29, 1.82) is 0 Å². The van der Waals surface area contributed by atoms with Crippen LogP contribution in [0.25, 0.3) is 0 Å². The first kappa shape index (κ1) is 13.6. The molecule has 1 aliphatic rings. The monoisotopic (exact) mass is 247 g/mol. The van der Waals surface area contributed by atoms with Crippen LogP contribution in [0.5, 0.6) is 0 Å². The number of hydrogen-bond acceptors (Lipinski definition) is 2. The van der Waals surface area contributed by atoms with Gasteiger partial charge in [0.25, 0.3) is 0 Å². The van der Waals surface area contributed by atoms with Crippen molar-refractivity contribution in [2.45, 2.75) is 52.2 Å². The third-order valence-electron chi connectivity index (χ3n) is 4.35. The van der Waals surface area contributed by atoms with E-state index >= 15 is 0 Å². The molecule has 1 unspecified atom stereocenters. The zero-order chi connectivity index (χ0) is 13.2. The standard InChI is InChI=1S/C16H25NO/c1-5-16(6-2)11-18-15(10-17-16)14-8-7-12(3)9-13(14)4/h7-9,15,17H,5-6,10-11H2,1-4H3. The van der Waals surface area contributed by atoms with Crippen molar-refractivity contribution in [2.75, 3.05) is 13.2 Å². The summed E-state index contributed by atoms with van der Waals surface area (Å²) in [6.07, 6.45) is 2.46. The maximum absolute atomic E-state index is 6.12. The highest BCUT2D eigenvalue weighted by Crippen LogP contribution is 2.29. The molecule has 1 aliphatic heterocycles. The number of benzene rings is 1. The van der Waals surface area contributed by atoms with Gasteiger partial charge in [-0.05, 0) is 37.8 Å². The van der Waals surface area contributed by atoms with Crippen LogP contribution in [0, 0.1) is 13.8 Å². The van der Waals surface area contributed by atoms with Gasteiger partial charge in [-0.2, -0.15) is 0 Å². The van der Waals surface area contributed by atoms with Gasteiger partial charge in [-0.25, -0.2) is 0 Å². The second kappa shape index (κ2) is 5.41. The zero-order valence-electron chi connectivity index (χ0n) is 12.0. The predicted octanol–water partition coefficient (Wildman–Crippen LogP) is 3.52. The van der Waals surface area contributed by atoms with E-state index in [1.54, 1.807) is 0 Å². The van der Waals surface area contributed by atoms with Crippen LogP contribution < -0.4 is 5.32 Å². The van der Waals surface area contributed by atoms with Crippen LogP contribution in [-0.4, -0.2) is 18.7 Å². The van der Waals surface area contributed by atoms with Crippen LogP contribution in [0.2, 0.25) is 0 Å². The van der Waals surface area contributed by atoms with Gasteiger partial charge in [0, 0.05) is 12.1 Å². The van der Waals surface area contributed by atoms with Crippen molar-refractivity contribution in [3.8, 4) is 0 Å². The number of rotatable bonds is 3. The maximum Gasteiger partial charge on any atom is 0.0952 e. The minimum absolute atomic E-state index is 0.190. The summed E-state index contributed by atoms with van der Waals surface area (Å²) in [5, 5.41) is 3.70. The Labute approximate surface area is 111 Å². The van der Waals surface area contributed by atoms with E-state index in [2.05, 4.69) is 51.2 Å². The van der Waals surface area contributed by atoms with Crippen molar-refractivity contribution >= 4 is 0 Å². The van der Waals surface area contributed by atoms with Crippen molar-refractivity contribution in [2.24, 2.45) is 0 Å². The number of morpholine rings is 1. The molecule has 0 saturated carbocycles. The topological polar surface area (TPSA) is 21.3 Å². The van der Waals surface area contributed by atoms with Gasteiger partial charge in [0.2, 0.25) is 0 Å². The number of nitrogens with one attached hydrogen (secondary N) is 1. The fraction of sp³-hybridized carbons (Fsp3) is 0.625. The van der Waals surface area contributed by atoms with Crippen LogP contribution in [0.15, 0.2) is 18.2 Å². The lowest BCUT2D eigenvalue weighted by Gasteiger charge is -2.40. The predicted molar refractivity (Wildman–Crippen MR) is 75.9 cm³/mol. The molecule has 0 spiro atoms. The molecule has 2 nitrogen and oxygen atoms in total. The quantitative estimate of drug-likeness (QED) is 0.882. The summed E-state index contributed by atoms with van der Waals surface area (Å²) in [5.74, 6) is 0. The fourth-order valence-corrected chi connectivity index (χ4v) is 2.77. The van der Waals surface area contributed by atoms with Gasteiger partial charge in [-0.1, -0.05) is 37.6 Å². The van der Waals surface area contributed by atoms with Gasteiger partial charge < -0.3 is 10.1 Å². The molecule has 0 amide bonds. The van der Waals surface area contributed by atoms with E-state index in [1.165, 1.54) is 16.7 Å². The van der Waals surface area contributed by atoms with E-state index < -0.39 is 0 Å². The Morgan fingerprint density at radius 1 is 1.28 bits per heavy atom. The SMILES string of the molecule is CCC1(CC)COC(c2ccc(C)cc2C)CN1. The molecule has 1 aromatic carbocycles. The summed E-state index contributed by atoms with van der Waals surface area (Å²) in [6.45, 7) is 10.5. The number of hydrogen-bond donors (Lipinski definition) is 1. The van der Waals surface area contributed by atoms with Gasteiger partial charge >= 0.3 is 0 Å². The van der Waals surface area contributed by atoms with Crippen molar-refractivity contribution in [3.05, 3.63) is 34.9 Å². The summed E-state index contributed by atoms with van der Waals surface area (Å²) in [7, 11) is 0. The van der Waals surface area contributed by atoms with E-state index in [9.17, 15) is 0 Å². The van der Waals surface area contributed by atoms with Crippen molar-refractivity contribution < 1.29 is 4.74 Å². The maximum atomic E-state index is 6.12. The highest BCUT2D eigenvalue weighted by molar-refractivity contribution is 5.32. The molecule has 1 N–H and O–H groups in total. The average molecular weight is 247 g/mol. The Balaban J connectivity index is 2.10. The van der Waals surface area contributed by atoms with Gasteiger partial charge in [-0.15, -0.1) is 0 Å². The molecule has 0 radical (unpaired) electrons. The van der Waals surface area contributed by atoms with Crippen molar-refractivity contribution in [1.82, 2.24) is 5.32 Å². The van der Waals surface area contributed by atoms with E-state index in [1.807, 2.05) is 0 Å². The van der Waals surface area contributed by atoms with Crippen LogP contribution >= 0.6 is 0 Å². The molecule has 18 heavy (non-hydrogen) atoms. The first-order chi connectivity index (χ1) is 8.60. The lowest BCUT2D eigenvalue weighted by molar-refractivity contribution is -0.0377. The lowest BCUT2D eigenvalue weighted by Crippen LogP contribution is -2.54. The first-order valence-electron chi connectivity index (χ1n) is 7.04. The van der Waals surface area contributed by atoms with Crippen LogP contribution in [0.4, 0.5) is 0 Å². The minimum atomic E-state index is 0.190. The molecule has 1 heterocycles. The minimum Gasteiger partial charge on any atom is -0.370 e. The molecule has 0 aromatic heterocycles. The van der Waals surface area contributed by atoms with Gasteiger partial charge in [0.05, 0.1) is 12.7 Å².